The van der Waals surface area contributed by atoms with Crippen LogP contribution in [0, 0.1) is 0 Å². The van der Waals surface area contributed by atoms with Gasteiger partial charge in [0.25, 0.3) is 0 Å². The van der Waals surface area contributed by atoms with Gasteiger partial charge >= 0.3 is 0 Å². The van der Waals surface area contributed by atoms with E-state index in [1.54, 1.807) is 0 Å². The molecule has 0 amide bonds. The van der Waals surface area contributed by atoms with Gasteiger partial charge in [0.05, 0.1) is 6.61 Å². The van der Waals surface area contributed by atoms with Crippen LogP contribution in [0.1, 0.15) is 5.56 Å². The average Bonchev–Trinajstić information content (AvgIpc) is 2.97. The highest BCUT2D eigenvalue weighted by Crippen LogP contribution is 2.30. The third-order valence-electron chi connectivity index (χ3n) is 3.65. The third-order valence-corrected chi connectivity index (χ3v) is 3.65. The van der Waals surface area contributed by atoms with Gasteiger partial charge in [-0.25, -0.2) is 4.98 Å². The SMILES string of the molecule is OCc1ccc2oc(-c3cccc4ccccc34)nc2c1. The minimum absolute atomic E-state index is 0.00635. The molecule has 0 atom stereocenters. The van der Waals surface area contributed by atoms with Crippen LogP contribution in [0.2, 0.25) is 0 Å². The molecule has 0 aliphatic rings. The number of aliphatic hydroxyl groups is 1. The van der Waals surface area contributed by atoms with Crippen LogP contribution in [-0.2, 0) is 6.61 Å². The Balaban J connectivity index is 1.96. The predicted octanol–water partition coefficient (Wildman–Crippen LogP) is 4.14. The van der Waals surface area contributed by atoms with E-state index >= 15 is 0 Å². The molecule has 4 rings (SSSR count). The van der Waals surface area contributed by atoms with Gasteiger partial charge in [0.2, 0.25) is 5.89 Å². The normalized spacial score (nSPS) is 11.3. The van der Waals surface area contributed by atoms with Gasteiger partial charge in [-0.1, -0.05) is 42.5 Å². The fraction of sp³-hybridized carbons (Fsp3) is 0.0556. The van der Waals surface area contributed by atoms with E-state index in [0.717, 1.165) is 33.0 Å². The molecule has 0 bridgehead atoms. The molecular weight excluding hydrogens is 262 g/mol. The second-order valence-electron chi connectivity index (χ2n) is 5.01. The van der Waals surface area contributed by atoms with Crippen molar-refractivity contribution in [2.24, 2.45) is 0 Å². The Morgan fingerprint density at radius 3 is 2.71 bits per heavy atom. The van der Waals surface area contributed by atoms with Crippen molar-refractivity contribution in [3.63, 3.8) is 0 Å². The van der Waals surface area contributed by atoms with Crippen molar-refractivity contribution in [2.45, 2.75) is 6.61 Å². The summed E-state index contributed by atoms with van der Waals surface area (Å²) in [5.41, 5.74) is 3.31. The Morgan fingerprint density at radius 1 is 0.952 bits per heavy atom. The lowest BCUT2D eigenvalue weighted by Gasteiger charge is -2.01. The number of aromatic nitrogens is 1. The molecule has 0 spiro atoms. The lowest BCUT2D eigenvalue weighted by atomic mass is 10.0. The summed E-state index contributed by atoms with van der Waals surface area (Å²) in [4.78, 5) is 4.56. The van der Waals surface area contributed by atoms with Crippen molar-refractivity contribution in [3.05, 3.63) is 66.2 Å². The quantitative estimate of drug-likeness (QED) is 0.598. The summed E-state index contributed by atoms with van der Waals surface area (Å²) in [5, 5.41) is 11.5. The molecule has 1 aromatic heterocycles. The maximum absolute atomic E-state index is 9.20. The number of aliphatic hydroxyl groups excluding tert-OH is 1. The van der Waals surface area contributed by atoms with E-state index in [2.05, 4.69) is 23.2 Å². The van der Waals surface area contributed by atoms with E-state index in [1.807, 2.05) is 42.5 Å². The summed E-state index contributed by atoms with van der Waals surface area (Å²) in [6.45, 7) is 0.00635. The lowest BCUT2D eigenvalue weighted by Crippen LogP contribution is -1.82. The second kappa shape index (κ2) is 4.72. The monoisotopic (exact) mass is 275 g/mol. The van der Waals surface area contributed by atoms with Gasteiger partial charge in [0, 0.05) is 5.56 Å². The topological polar surface area (TPSA) is 46.3 Å². The Morgan fingerprint density at radius 2 is 1.81 bits per heavy atom. The molecule has 1 N–H and O–H groups in total. The maximum atomic E-state index is 9.20. The highest BCUT2D eigenvalue weighted by Gasteiger charge is 2.11. The fourth-order valence-electron chi connectivity index (χ4n) is 2.60. The molecule has 0 saturated carbocycles. The van der Waals surface area contributed by atoms with Crippen molar-refractivity contribution in [3.8, 4) is 11.5 Å². The van der Waals surface area contributed by atoms with Gasteiger partial charge in [-0.3, -0.25) is 0 Å². The predicted molar refractivity (Wildman–Crippen MR) is 82.9 cm³/mol. The minimum atomic E-state index is 0.00635. The van der Waals surface area contributed by atoms with Crippen LogP contribution in [0.3, 0.4) is 0 Å². The van der Waals surface area contributed by atoms with E-state index in [0.29, 0.717) is 5.89 Å². The molecule has 0 unspecified atom stereocenters. The summed E-state index contributed by atoms with van der Waals surface area (Å²) in [5.74, 6) is 0.608. The molecule has 1 heterocycles. The summed E-state index contributed by atoms with van der Waals surface area (Å²) >= 11 is 0. The highest BCUT2D eigenvalue weighted by molar-refractivity contribution is 5.95. The van der Waals surface area contributed by atoms with Gasteiger partial charge in [0.15, 0.2) is 5.58 Å². The number of hydrogen-bond donors (Lipinski definition) is 1. The van der Waals surface area contributed by atoms with Crippen LogP contribution < -0.4 is 0 Å². The van der Waals surface area contributed by atoms with E-state index in [4.69, 9.17) is 4.42 Å². The zero-order valence-corrected chi connectivity index (χ0v) is 11.3. The van der Waals surface area contributed by atoms with Crippen LogP contribution in [0.15, 0.2) is 65.1 Å². The van der Waals surface area contributed by atoms with E-state index in [9.17, 15) is 5.11 Å². The van der Waals surface area contributed by atoms with E-state index < -0.39 is 0 Å². The van der Waals surface area contributed by atoms with E-state index in [1.165, 1.54) is 0 Å². The molecule has 21 heavy (non-hydrogen) atoms. The Kier molecular flexibility index (Phi) is 2.72. The summed E-state index contributed by atoms with van der Waals surface area (Å²) in [6.07, 6.45) is 0. The first-order valence-electron chi connectivity index (χ1n) is 6.83. The van der Waals surface area contributed by atoms with Crippen molar-refractivity contribution in [1.29, 1.82) is 0 Å². The van der Waals surface area contributed by atoms with Crippen LogP contribution in [0.25, 0.3) is 33.3 Å². The molecule has 3 heteroatoms. The average molecular weight is 275 g/mol. The molecule has 3 nitrogen and oxygen atoms in total. The molecule has 0 fully saturated rings. The molecule has 102 valence electrons. The highest BCUT2D eigenvalue weighted by atomic mass is 16.3. The lowest BCUT2D eigenvalue weighted by molar-refractivity contribution is 0.282. The van der Waals surface area contributed by atoms with Gasteiger partial charge in [0.1, 0.15) is 5.52 Å². The van der Waals surface area contributed by atoms with Gasteiger partial charge in [-0.15, -0.1) is 0 Å². The number of oxazole rings is 1. The Hall–Kier alpha value is -2.65. The summed E-state index contributed by atoms with van der Waals surface area (Å²) in [6, 6.07) is 19.8. The Labute approximate surface area is 121 Å². The number of rotatable bonds is 2. The van der Waals surface area contributed by atoms with Crippen LogP contribution in [0.5, 0.6) is 0 Å². The Bertz CT molecular complexity index is 935. The fourth-order valence-corrected chi connectivity index (χ4v) is 2.60. The second-order valence-corrected chi connectivity index (χ2v) is 5.01. The van der Waals surface area contributed by atoms with Crippen LogP contribution >= 0.6 is 0 Å². The van der Waals surface area contributed by atoms with Crippen LogP contribution in [0.4, 0.5) is 0 Å². The zero-order valence-electron chi connectivity index (χ0n) is 11.3. The van der Waals surface area contributed by atoms with E-state index in [-0.39, 0.29) is 6.61 Å². The summed E-state index contributed by atoms with van der Waals surface area (Å²) < 4.78 is 5.87. The number of fused-ring (bicyclic) bond motifs is 2. The standard InChI is InChI=1S/C18H13NO2/c20-11-12-8-9-17-16(10-12)19-18(21-17)15-7-3-5-13-4-1-2-6-14(13)15/h1-10,20H,11H2. The van der Waals surface area contributed by atoms with Gasteiger partial charge in [-0.2, -0.15) is 0 Å². The number of hydrogen-bond acceptors (Lipinski definition) is 3. The smallest absolute Gasteiger partial charge is 0.227 e. The van der Waals surface area contributed by atoms with Crippen molar-refractivity contribution in [2.75, 3.05) is 0 Å². The van der Waals surface area contributed by atoms with Gasteiger partial charge in [-0.05, 0) is 34.5 Å². The summed E-state index contributed by atoms with van der Waals surface area (Å²) in [7, 11) is 0. The molecule has 0 saturated heterocycles. The van der Waals surface area contributed by atoms with Crippen molar-refractivity contribution in [1.82, 2.24) is 4.98 Å². The largest absolute Gasteiger partial charge is 0.436 e. The zero-order chi connectivity index (χ0) is 14.2. The van der Waals surface area contributed by atoms with Gasteiger partial charge < -0.3 is 9.52 Å². The maximum Gasteiger partial charge on any atom is 0.227 e. The number of benzene rings is 3. The molecule has 0 radical (unpaired) electrons. The van der Waals surface area contributed by atoms with Crippen LogP contribution in [-0.4, -0.2) is 10.1 Å². The first kappa shape index (κ1) is 12.1. The molecule has 4 aromatic rings. The third kappa shape index (κ3) is 1.99. The molecular formula is C18H13NO2. The first-order chi connectivity index (χ1) is 10.3. The molecule has 3 aromatic carbocycles. The van der Waals surface area contributed by atoms with Crippen molar-refractivity contribution >= 4 is 21.9 Å². The van der Waals surface area contributed by atoms with Crippen molar-refractivity contribution < 1.29 is 9.52 Å². The first-order valence-corrected chi connectivity index (χ1v) is 6.83. The number of nitrogens with zero attached hydrogens (tertiary/aromatic N) is 1. The minimum Gasteiger partial charge on any atom is -0.436 e. The molecule has 0 aliphatic carbocycles. The molecule has 0 aliphatic heterocycles.